The van der Waals surface area contributed by atoms with Crippen molar-refractivity contribution in [1.29, 1.82) is 0 Å². The van der Waals surface area contributed by atoms with E-state index in [0.29, 0.717) is 22.0 Å². The van der Waals surface area contributed by atoms with Crippen molar-refractivity contribution in [3.63, 3.8) is 0 Å². The topological polar surface area (TPSA) is 15.3 Å². The lowest BCUT2D eigenvalue weighted by Gasteiger charge is -2.40. The molecule has 1 aliphatic heterocycles. The van der Waals surface area contributed by atoms with Crippen LogP contribution in [0.2, 0.25) is 10.0 Å². The van der Waals surface area contributed by atoms with E-state index in [4.69, 9.17) is 23.2 Å². The van der Waals surface area contributed by atoms with Crippen LogP contribution in [0.3, 0.4) is 0 Å². The third kappa shape index (κ3) is 3.67. The Hall–Kier alpha value is -0.280. The van der Waals surface area contributed by atoms with E-state index < -0.39 is 0 Å². The van der Waals surface area contributed by atoms with Crippen molar-refractivity contribution in [2.24, 2.45) is 5.92 Å². The van der Waals surface area contributed by atoms with E-state index in [1.807, 2.05) is 12.1 Å². The fourth-order valence-corrected chi connectivity index (χ4v) is 3.60. The zero-order chi connectivity index (χ0) is 14.5. The molecule has 1 heterocycles. The van der Waals surface area contributed by atoms with Gasteiger partial charge in [-0.3, -0.25) is 4.90 Å². The first-order valence-electron chi connectivity index (χ1n) is 7.50. The molecule has 1 aliphatic rings. The average Bonchev–Trinajstić information content (AvgIpc) is 2.43. The van der Waals surface area contributed by atoms with Crippen LogP contribution in [0, 0.1) is 5.92 Å². The van der Waals surface area contributed by atoms with Gasteiger partial charge >= 0.3 is 0 Å². The molecule has 0 spiro atoms. The van der Waals surface area contributed by atoms with Gasteiger partial charge in [0.15, 0.2) is 0 Å². The number of benzene rings is 1. The number of rotatable bonds is 5. The molecule has 0 aromatic heterocycles. The Kier molecular flexibility index (Phi) is 6.16. The monoisotopic (exact) mass is 314 g/mol. The highest BCUT2D eigenvalue weighted by Crippen LogP contribution is 2.40. The third-order valence-electron chi connectivity index (χ3n) is 4.14. The van der Waals surface area contributed by atoms with Gasteiger partial charge in [-0.05, 0) is 63.5 Å². The molecule has 2 atom stereocenters. The summed E-state index contributed by atoms with van der Waals surface area (Å²) >= 11 is 12.6. The van der Waals surface area contributed by atoms with Crippen LogP contribution in [0.1, 0.15) is 37.8 Å². The normalized spacial score (nSPS) is 24.0. The quantitative estimate of drug-likeness (QED) is 0.811. The van der Waals surface area contributed by atoms with Gasteiger partial charge in [-0.15, -0.1) is 0 Å². The molecule has 112 valence electrons. The molecule has 1 N–H and O–H groups in total. The van der Waals surface area contributed by atoms with Crippen LogP contribution < -0.4 is 5.32 Å². The van der Waals surface area contributed by atoms with Crippen LogP contribution in [0.5, 0.6) is 0 Å². The molecular weight excluding hydrogens is 291 g/mol. The van der Waals surface area contributed by atoms with Crippen molar-refractivity contribution in [2.75, 3.05) is 26.7 Å². The van der Waals surface area contributed by atoms with E-state index in [2.05, 4.69) is 30.3 Å². The van der Waals surface area contributed by atoms with Gasteiger partial charge < -0.3 is 5.32 Å². The maximum absolute atomic E-state index is 6.44. The van der Waals surface area contributed by atoms with E-state index in [1.54, 1.807) is 0 Å². The largest absolute Gasteiger partial charge is 0.316 e. The summed E-state index contributed by atoms with van der Waals surface area (Å²) in [6.07, 6.45) is 3.67. The molecule has 0 radical (unpaired) electrons. The molecule has 1 saturated heterocycles. The van der Waals surface area contributed by atoms with Crippen LogP contribution in [-0.4, -0.2) is 31.6 Å². The highest BCUT2D eigenvalue weighted by Gasteiger charge is 2.31. The van der Waals surface area contributed by atoms with Crippen molar-refractivity contribution in [3.8, 4) is 0 Å². The Morgan fingerprint density at radius 1 is 1.35 bits per heavy atom. The molecule has 1 fully saturated rings. The molecule has 4 heteroatoms. The number of piperidine rings is 1. The van der Waals surface area contributed by atoms with Gasteiger partial charge in [-0.1, -0.05) is 42.3 Å². The first-order chi connectivity index (χ1) is 9.65. The summed E-state index contributed by atoms with van der Waals surface area (Å²) in [5, 5.41) is 4.93. The van der Waals surface area contributed by atoms with E-state index in [-0.39, 0.29) is 0 Å². The Morgan fingerprint density at radius 2 is 2.15 bits per heavy atom. The second kappa shape index (κ2) is 7.65. The van der Waals surface area contributed by atoms with Crippen molar-refractivity contribution in [2.45, 2.75) is 32.2 Å². The van der Waals surface area contributed by atoms with Gasteiger partial charge in [0, 0.05) is 6.04 Å². The number of hydrogen-bond donors (Lipinski definition) is 1. The highest BCUT2D eigenvalue weighted by atomic mass is 35.5. The van der Waals surface area contributed by atoms with Crippen LogP contribution in [0.25, 0.3) is 0 Å². The van der Waals surface area contributed by atoms with E-state index in [1.165, 1.54) is 24.8 Å². The molecular formula is C16H24Cl2N2. The summed E-state index contributed by atoms with van der Waals surface area (Å²) in [7, 11) is 2.19. The zero-order valence-electron chi connectivity index (χ0n) is 12.3. The summed E-state index contributed by atoms with van der Waals surface area (Å²) in [5.74, 6) is 0.594. The second-order valence-corrected chi connectivity index (χ2v) is 6.46. The second-order valence-electron chi connectivity index (χ2n) is 5.67. The van der Waals surface area contributed by atoms with E-state index >= 15 is 0 Å². The minimum Gasteiger partial charge on any atom is -0.316 e. The molecule has 0 saturated carbocycles. The fraction of sp³-hybridized carbons (Fsp3) is 0.625. The molecule has 1 aromatic rings. The Labute approximate surface area is 132 Å². The van der Waals surface area contributed by atoms with Gasteiger partial charge in [-0.25, -0.2) is 0 Å². The lowest BCUT2D eigenvalue weighted by molar-refractivity contribution is 0.119. The minimum atomic E-state index is 0.360. The van der Waals surface area contributed by atoms with Gasteiger partial charge in [0.1, 0.15) is 0 Å². The number of halogens is 2. The highest BCUT2D eigenvalue weighted by molar-refractivity contribution is 6.42. The predicted molar refractivity (Wildman–Crippen MR) is 87.7 cm³/mol. The van der Waals surface area contributed by atoms with E-state index in [0.717, 1.165) is 19.6 Å². The Balaban J connectivity index is 2.20. The van der Waals surface area contributed by atoms with Crippen molar-refractivity contribution >= 4 is 23.2 Å². The van der Waals surface area contributed by atoms with Crippen LogP contribution >= 0.6 is 23.2 Å². The van der Waals surface area contributed by atoms with Gasteiger partial charge in [-0.2, -0.15) is 0 Å². The summed E-state index contributed by atoms with van der Waals surface area (Å²) in [6, 6.07) is 6.34. The number of hydrogen-bond acceptors (Lipinski definition) is 2. The molecule has 0 aliphatic carbocycles. The molecule has 2 unspecified atom stereocenters. The summed E-state index contributed by atoms with van der Waals surface area (Å²) in [4.78, 5) is 2.42. The van der Waals surface area contributed by atoms with Crippen LogP contribution in [0.4, 0.5) is 0 Å². The lowest BCUT2D eigenvalue weighted by atomic mass is 9.85. The zero-order valence-corrected chi connectivity index (χ0v) is 13.8. The number of nitrogens with one attached hydrogen (secondary N) is 1. The number of likely N-dealkylation sites (tertiary alicyclic amines) is 1. The molecule has 0 bridgehead atoms. The Morgan fingerprint density at radius 3 is 2.90 bits per heavy atom. The fourth-order valence-electron chi connectivity index (χ4n) is 3.18. The Bertz CT molecular complexity index is 436. The molecule has 2 nitrogen and oxygen atoms in total. The molecule has 20 heavy (non-hydrogen) atoms. The first kappa shape index (κ1) is 16.1. The van der Waals surface area contributed by atoms with E-state index in [9.17, 15) is 0 Å². The maximum atomic E-state index is 6.44. The van der Waals surface area contributed by atoms with Crippen LogP contribution in [-0.2, 0) is 0 Å². The molecule has 1 aromatic carbocycles. The van der Waals surface area contributed by atoms with Crippen molar-refractivity contribution in [1.82, 2.24) is 10.2 Å². The van der Waals surface area contributed by atoms with Gasteiger partial charge in [0.05, 0.1) is 10.0 Å². The number of nitrogens with zero attached hydrogens (tertiary/aromatic N) is 1. The SMILES string of the molecule is CCCNCC1CCCN(C)C1c1cccc(Cl)c1Cl. The minimum absolute atomic E-state index is 0.360. The molecule has 2 rings (SSSR count). The smallest absolute Gasteiger partial charge is 0.0640 e. The average molecular weight is 315 g/mol. The summed E-state index contributed by atoms with van der Waals surface area (Å²) < 4.78 is 0. The third-order valence-corrected chi connectivity index (χ3v) is 4.97. The van der Waals surface area contributed by atoms with Crippen LogP contribution in [0.15, 0.2) is 18.2 Å². The van der Waals surface area contributed by atoms with Crippen molar-refractivity contribution in [3.05, 3.63) is 33.8 Å². The standard InChI is InChI=1S/C16H24Cl2N2/c1-3-9-19-11-12-6-5-10-20(2)16(12)13-7-4-8-14(17)15(13)18/h4,7-8,12,16,19H,3,5-6,9-11H2,1-2H3. The lowest BCUT2D eigenvalue weighted by Crippen LogP contribution is -2.40. The summed E-state index contributed by atoms with van der Waals surface area (Å²) in [6.45, 7) is 5.45. The van der Waals surface area contributed by atoms with Gasteiger partial charge in [0.2, 0.25) is 0 Å². The van der Waals surface area contributed by atoms with Gasteiger partial charge in [0.25, 0.3) is 0 Å². The molecule has 0 amide bonds. The summed E-state index contributed by atoms with van der Waals surface area (Å²) in [5.41, 5.74) is 1.17. The predicted octanol–water partition coefficient (Wildman–Crippen LogP) is 4.38. The maximum Gasteiger partial charge on any atom is 0.0640 e. The first-order valence-corrected chi connectivity index (χ1v) is 8.25. The van der Waals surface area contributed by atoms with Crippen molar-refractivity contribution < 1.29 is 0 Å².